The van der Waals surface area contributed by atoms with Gasteiger partial charge in [0.2, 0.25) is 0 Å². The van der Waals surface area contributed by atoms with Gasteiger partial charge in [0.05, 0.1) is 31.7 Å². The molecule has 2 amide bonds. The molecule has 0 aliphatic carbocycles. The van der Waals surface area contributed by atoms with E-state index < -0.39 is 0 Å². The number of rotatable bonds is 7. The maximum absolute atomic E-state index is 14.7. The van der Waals surface area contributed by atoms with Gasteiger partial charge < -0.3 is 24.3 Å². The zero-order valence-corrected chi connectivity index (χ0v) is 20.1. The van der Waals surface area contributed by atoms with Crippen LogP contribution in [0.5, 0.6) is 0 Å². The molecule has 1 saturated heterocycles. The maximum atomic E-state index is 14.7. The van der Waals surface area contributed by atoms with Crippen molar-refractivity contribution < 1.29 is 18.3 Å². The second-order valence-corrected chi connectivity index (χ2v) is 8.93. The average molecular weight is 516 g/mol. The zero-order chi connectivity index (χ0) is 23.2. The van der Waals surface area contributed by atoms with Crippen LogP contribution in [0.25, 0.3) is 0 Å². The number of halogens is 2. The van der Waals surface area contributed by atoms with Crippen LogP contribution in [0.3, 0.4) is 0 Å². The van der Waals surface area contributed by atoms with Crippen molar-refractivity contribution in [2.75, 3.05) is 31.2 Å². The fraction of sp³-hybridized carbons (Fsp3) is 0.320. The third kappa shape index (κ3) is 6.15. The predicted octanol–water partition coefficient (Wildman–Crippen LogP) is 5.24. The smallest absolute Gasteiger partial charge is 0.318 e. The molecule has 4 rings (SSSR count). The Morgan fingerprint density at radius 3 is 2.67 bits per heavy atom. The van der Waals surface area contributed by atoms with E-state index in [9.17, 15) is 9.18 Å². The summed E-state index contributed by atoms with van der Waals surface area (Å²) in [5.41, 5.74) is 3.39. The van der Waals surface area contributed by atoms with E-state index in [-0.39, 0.29) is 18.4 Å². The van der Waals surface area contributed by atoms with Gasteiger partial charge in [0.15, 0.2) is 0 Å². The molecule has 8 heteroatoms. The molecule has 1 aliphatic heterocycles. The highest BCUT2D eigenvalue weighted by Gasteiger charge is 2.18. The number of nitrogens with zero attached hydrogens (tertiary/aromatic N) is 2. The number of aryl methyl sites for hydroxylation is 1. The summed E-state index contributed by atoms with van der Waals surface area (Å²) in [5, 5.41) is 2.92. The first kappa shape index (κ1) is 23.3. The minimum Gasteiger partial charge on any atom is -0.467 e. The number of urea groups is 1. The number of carbonyl (C=O) groups excluding carboxylic acids is 1. The van der Waals surface area contributed by atoms with Crippen molar-refractivity contribution in [3.63, 3.8) is 0 Å². The molecule has 33 heavy (non-hydrogen) atoms. The van der Waals surface area contributed by atoms with Crippen molar-refractivity contribution in [3.05, 3.63) is 87.5 Å². The molecule has 3 aromatic rings. The summed E-state index contributed by atoms with van der Waals surface area (Å²) in [6.45, 7) is 5.50. The Morgan fingerprint density at radius 1 is 1.15 bits per heavy atom. The van der Waals surface area contributed by atoms with Gasteiger partial charge in [0.1, 0.15) is 11.6 Å². The predicted molar refractivity (Wildman–Crippen MR) is 129 cm³/mol. The number of hydrogen-bond donors (Lipinski definition) is 1. The molecule has 1 fully saturated rings. The standard InChI is InChI=1S/C25H27BrFN3O3/c1-18-4-6-20(22(26)13-18)16-30(17-21-3-2-10-33-21)25(31)28-15-19-5-7-24(23(27)14-19)29-8-11-32-12-9-29/h2-7,10,13-14H,8-9,11-12,15-17H2,1H3,(H,28,31). The normalized spacial score (nSPS) is 13.7. The van der Waals surface area contributed by atoms with Crippen LogP contribution in [0.2, 0.25) is 0 Å². The van der Waals surface area contributed by atoms with Crippen LogP contribution in [0.4, 0.5) is 14.9 Å². The molecule has 0 atom stereocenters. The van der Waals surface area contributed by atoms with E-state index in [0.717, 1.165) is 15.6 Å². The number of ether oxygens (including phenoxy) is 1. The van der Waals surface area contributed by atoms with E-state index in [0.29, 0.717) is 56.4 Å². The number of amides is 2. The number of carbonyl (C=O) groups is 1. The van der Waals surface area contributed by atoms with Crippen molar-refractivity contribution in [1.82, 2.24) is 10.2 Å². The Bertz CT molecular complexity index is 1080. The van der Waals surface area contributed by atoms with Crippen molar-refractivity contribution in [2.45, 2.75) is 26.6 Å². The third-order valence-electron chi connectivity index (χ3n) is 5.59. The van der Waals surface area contributed by atoms with Crippen molar-refractivity contribution in [2.24, 2.45) is 0 Å². The lowest BCUT2D eigenvalue weighted by Gasteiger charge is -2.29. The fourth-order valence-corrected chi connectivity index (χ4v) is 4.41. The van der Waals surface area contributed by atoms with Crippen LogP contribution in [0.1, 0.15) is 22.5 Å². The SMILES string of the molecule is Cc1ccc(CN(Cc2ccco2)C(=O)NCc2ccc(N3CCOCC3)c(F)c2)c(Br)c1. The molecule has 0 radical (unpaired) electrons. The molecule has 6 nitrogen and oxygen atoms in total. The van der Waals surface area contributed by atoms with E-state index >= 15 is 0 Å². The molecule has 1 N–H and O–H groups in total. The molecule has 2 aromatic carbocycles. The van der Waals surface area contributed by atoms with Gasteiger partial charge in [-0.05, 0) is 53.9 Å². The minimum absolute atomic E-state index is 0.225. The summed E-state index contributed by atoms with van der Waals surface area (Å²) >= 11 is 3.59. The molecular formula is C25H27BrFN3O3. The summed E-state index contributed by atoms with van der Waals surface area (Å²) < 4.78 is 26.4. The first-order chi connectivity index (χ1) is 16.0. The lowest BCUT2D eigenvalue weighted by molar-refractivity contribution is 0.122. The van der Waals surface area contributed by atoms with Crippen LogP contribution >= 0.6 is 15.9 Å². The first-order valence-electron chi connectivity index (χ1n) is 10.9. The van der Waals surface area contributed by atoms with Crippen LogP contribution in [-0.2, 0) is 24.4 Å². The summed E-state index contributed by atoms with van der Waals surface area (Å²) in [6.07, 6.45) is 1.59. The van der Waals surface area contributed by atoms with Gasteiger partial charge in [0, 0.05) is 30.7 Å². The van der Waals surface area contributed by atoms with Gasteiger partial charge >= 0.3 is 6.03 Å². The summed E-state index contributed by atoms with van der Waals surface area (Å²) in [4.78, 5) is 16.7. The monoisotopic (exact) mass is 515 g/mol. The van der Waals surface area contributed by atoms with E-state index in [1.807, 2.05) is 42.2 Å². The fourth-order valence-electron chi connectivity index (χ4n) is 3.79. The molecular weight excluding hydrogens is 489 g/mol. The van der Waals surface area contributed by atoms with Gasteiger partial charge in [-0.2, -0.15) is 0 Å². The Hall–Kier alpha value is -2.84. The van der Waals surface area contributed by atoms with Crippen molar-refractivity contribution in [3.8, 4) is 0 Å². The maximum Gasteiger partial charge on any atom is 0.318 e. The van der Waals surface area contributed by atoms with Crippen molar-refractivity contribution in [1.29, 1.82) is 0 Å². The molecule has 1 aliphatic rings. The Kier molecular flexibility index (Phi) is 7.67. The van der Waals surface area contributed by atoms with E-state index in [1.54, 1.807) is 23.3 Å². The Morgan fingerprint density at radius 2 is 1.97 bits per heavy atom. The van der Waals surface area contributed by atoms with Crippen LogP contribution in [-0.4, -0.2) is 37.2 Å². The molecule has 0 bridgehead atoms. The number of nitrogens with one attached hydrogen (secondary N) is 1. The van der Waals surface area contributed by atoms with Crippen LogP contribution < -0.4 is 10.2 Å². The van der Waals surface area contributed by atoms with Gasteiger partial charge in [-0.1, -0.05) is 34.1 Å². The highest BCUT2D eigenvalue weighted by atomic mass is 79.9. The highest BCUT2D eigenvalue weighted by Crippen LogP contribution is 2.23. The molecule has 0 spiro atoms. The average Bonchev–Trinajstić information content (AvgIpc) is 3.32. The molecule has 0 unspecified atom stereocenters. The lowest BCUT2D eigenvalue weighted by Crippen LogP contribution is -2.39. The molecule has 1 aromatic heterocycles. The molecule has 174 valence electrons. The van der Waals surface area contributed by atoms with Gasteiger partial charge in [-0.15, -0.1) is 0 Å². The Balaban J connectivity index is 1.43. The van der Waals surface area contributed by atoms with E-state index in [4.69, 9.17) is 9.15 Å². The van der Waals surface area contributed by atoms with E-state index in [1.165, 1.54) is 6.07 Å². The quantitative estimate of drug-likeness (QED) is 0.467. The highest BCUT2D eigenvalue weighted by molar-refractivity contribution is 9.10. The lowest BCUT2D eigenvalue weighted by atomic mass is 10.1. The minimum atomic E-state index is -0.292. The van der Waals surface area contributed by atoms with Gasteiger partial charge in [0.25, 0.3) is 0 Å². The topological polar surface area (TPSA) is 58.0 Å². The van der Waals surface area contributed by atoms with Gasteiger partial charge in [-0.25, -0.2) is 9.18 Å². The number of morpholine rings is 1. The third-order valence-corrected chi connectivity index (χ3v) is 6.33. The van der Waals surface area contributed by atoms with Crippen molar-refractivity contribution >= 4 is 27.6 Å². The Labute approximate surface area is 201 Å². The summed E-state index contributed by atoms with van der Waals surface area (Å²) in [5.74, 6) is 0.397. The van der Waals surface area contributed by atoms with Crippen LogP contribution in [0, 0.1) is 12.7 Å². The zero-order valence-electron chi connectivity index (χ0n) is 18.5. The van der Waals surface area contributed by atoms with E-state index in [2.05, 4.69) is 21.2 Å². The number of furan rings is 1. The molecule has 2 heterocycles. The summed E-state index contributed by atoms with van der Waals surface area (Å²) in [6, 6.07) is 14.5. The molecule has 0 saturated carbocycles. The van der Waals surface area contributed by atoms with Gasteiger partial charge in [-0.3, -0.25) is 0 Å². The largest absolute Gasteiger partial charge is 0.467 e. The second kappa shape index (κ2) is 10.9. The van der Waals surface area contributed by atoms with Crippen LogP contribution in [0.15, 0.2) is 63.7 Å². The number of anilines is 1. The summed E-state index contributed by atoms with van der Waals surface area (Å²) in [7, 11) is 0. The number of benzene rings is 2. The first-order valence-corrected chi connectivity index (χ1v) is 11.7. The second-order valence-electron chi connectivity index (χ2n) is 8.07. The number of hydrogen-bond acceptors (Lipinski definition) is 4.